The molecule has 2 rings (SSSR count). The van der Waals surface area contributed by atoms with Crippen LogP contribution in [-0.4, -0.2) is 18.4 Å². The summed E-state index contributed by atoms with van der Waals surface area (Å²) in [6.45, 7) is 0. The van der Waals surface area contributed by atoms with Gasteiger partial charge in [0.1, 0.15) is 10.7 Å². The Balaban J connectivity index is 2.37. The molecule has 8 heteroatoms. The number of benzene rings is 1. The van der Waals surface area contributed by atoms with Crippen LogP contribution in [-0.2, 0) is 10.0 Å². The number of sulfonamides is 1. The van der Waals surface area contributed by atoms with Crippen molar-refractivity contribution >= 4 is 39.0 Å². The van der Waals surface area contributed by atoms with E-state index in [1.54, 1.807) is 12.1 Å². The van der Waals surface area contributed by atoms with E-state index in [4.69, 9.17) is 23.2 Å². The maximum Gasteiger partial charge on any atom is 0.264 e. The minimum atomic E-state index is -3.79. The first kappa shape index (κ1) is 13.1. The van der Waals surface area contributed by atoms with Crippen molar-refractivity contribution in [2.24, 2.45) is 0 Å². The number of aromatic nitrogens is 2. The van der Waals surface area contributed by atoms with Crippen molar-refractivity contribution in [2.75, 3.05) is 4.72 Å². The lowest BCUT2D eigenvalue weighted by molar-refractivity contribution is 0.601. The van der Waals surface area contributed by atoms with Crippen molar-refractivity contribution < 1.29 is 8.42 Å². The Labute approximate surface area is 114 Å². The van der Waals surface area contributed by atoms with E-state index >= 15 is 0 Å². The number of hydrogen-bond acceptors (Lipinski definition) is 4. The Kier molecular flexibility index (Phi) is 3.70. The van der Waals surface area contributed by atoms with E-state index in [2.05, 4.69) is 14.7 Å². The van der Waals surface area contributed by atoms with Crippen LogP contribution in [0.1, 0.15) is 0 Å². The third-order valence-electron chi connectivity index (χ3n) is 1.99. The fourth-order valence-electron chi connectivity index (χ4n) is 1.25. The smallest absolute Gasteiger partial charge is 0.263 e. The van der Waals surface area contributed by atoms with E-state index in [1.807, 2.05) is 0 Å². The van der Waals surface area contributed by atoms with Crippen LogP contribution in [0.4, 0.5) is 5.82 Å². The topological polar surface area (TPSA) is 72.0 Å². The molecule has 0 aliphatic carbocycles. The fourth-order valence-corrected chi connectivity index (χ4v) is 2.92. The molecule has 0 unspecified atom stereocenters. The number of anilines is 1. The highest BCUT2D eigenvalue weighted by molar-refractivity contribution is 7.92. The zero-order chi connectivity index (χ0) is 13.2. The Morgan fingerprint density at radius 1 is 1.11 bits per heavy atom. The summed E-state index contributed by atoms with van der Waals surface area (Å²) in [5.74, 6) is 0.0786. The largest absolute Gasteiger partial charge is 0.264 e. The van der Waals surface area contributed by atoms with Crippen molar-refractivity contribution in [2.45, 2.75) is 4.90 Å². The summed E-state index contributed by atoms with van der Waals surface area (Å²) in [4.78, 5) is 7.36. The SMILES string of the molecule is O=S(=O)(Nc1ccnc(Cl)n1)c1ccccc1Cl. The van der Waals surface area contributed by atoms with Crippen LogP contribution in [0.2, 0.25) is 10.3 Å². The molecular weight excluding hydrogens is 297 g/mol. The van der Waals surface area contributed by atoms with Gasteiger partial charge >= 0.3 is 0 Å². The summed E-state index contributed by atoms with van der Waals surface area (Å²) < 4.78 is 26.3. The van der Waals surface area contributed by atoms with Crippen LogP contribution < -0.4 is 4.72 Å². The molecule has 0 saturated carbocycles. The van der Waals surface area contributed by atoms with Crippen molar-refractivity contribution in [3.05, 3.63) is 46.8 Å². The predicted octanol–water partition coefficient (Wildman–Crippen LogP) is 2.58. The predicted molar refractivity (Wildman–Crippen MR) is 69.3 cm³/mol. The molecule has 1 aromatic carbocycles. The van der Waals surface area contributed by atoms with Crippen molar-refractivity contribution in [3.8, 4) is 0 Å². The number of rotatable bonds is 3. The molecule has 0 saturated heterocycles. The lowest BCUT2D eigenvalue weighted by atomic mass is 10.4. The molecule has 1 aromatic heterocycles. The number of halogens is 2. The van der Waals surface area contributed by atoms with Gasteiger partial charge in [-0.1, -0.05) is 23.7 Å². The van der Waals surface area contributed by atoms with Crippen LogP contribution in [0.3, 0.4) is 0 Å². The van der Waals surface area contributed by atoms with Gasteiger partial charge in [-0.15, -0.1) is 0 Å². The summed E-state index contributed by atoms with van der Waals surface area (Å²) in [5, 5.41) is 0.0829. The van der Waals surface area contributed by atoms with Gasteiger partial charge in [0.05, 0.1) is 5.02 Å². The van der Waals surface area contributed by atoms with Crippen LogP contribution in [0, 0.1) is 0 Å². The normalized spacial score (nSPS) is 11.2. The third kappa shape index (κ3) is 2.90. The van der Waals surface area contributed by atoms with E-state index in [0.29, 0.717) is 0 Å². The van der Waals surface area contributed by atoms with Gasteiger partial charge in [-0.2, -0.15) is 4.98 Å². The van der Waals surface area contributed by atoms with Gasteiger partial charge in [0.15, 0.2) is 0 Å². The molecule has 94 valence electrons. The van der Waals surface area contributed by atoms with E-state index in [9.17, 15) is 8.42 Å². The first-order valence-corrected chi connectivity index (χ1v) is 6.99. The van der Waals surface area contributed by atoms with Gasteiger partial charge in [0, 0.05) is 6.20 Å². The minimum absolute atomic E-state index is 0.0265. The van der Waals surface area contributed by atoms with E-state index in [1.165, 1.54) is 24.4 Å². The molecule has 0 spiro atoms. The van der Waals surface area contributed by atoms with Gasteiger partial charge in [-0.05, 0) is 29.8 Å². The van der Waals surface area contributed by atoms with Crippen molar-refractivity contribution in [1.82, 2.24) is 9.97 Å². The molecule has 0 aliphatic heterocycles. The Hall–Kier alpha value is -1.37. The third-order valence-corrected chi connectivity index (χ3v) is 4.03. The summed E-state index contributed by atoms with van der Waals surface area (Å²) in [6, 6.07) is 7.49. The van der Waals surface area contributed by atoms with Crippen LogP contribution in [0.5, 0.6) is 0 Å². The highest BCUT2D eigenvalue weighted by atomic mass is 35.5. The molecule has 5 nitrogen and oxygen atoms in total. The van der Waals surface area contributed by atoms with Gasteiger partial charge in [0.2, 0.25) is 5.28 Å². The maximum atomic E-state index is 12.0. The number of nitrogens with zero attached hydrogens (tertiary/aromatic N) is 2. The second kappa shape index (κ2) is 5.09. The standard InChI is InChI=1S/C10H7Cl2N3O2S/c11-7-3-1-2-4-8(7)18(16,17)15-9-5-6-13-10(12)14-9/h1-6H,(H,13,14,15). The zero-order valence-electron chi connectivity index (χ0n) is 8.84. The molecular formula is C10H7Cl2N3O2S. The molecule has 18 heavy (non-hydrogen) atoms. The van der Waals surface area contributed by atoms with Gasteiger partial charge < -0.3 is 0 Å². The molecule has 0 atom stereocenters. The lowest BCUT2D eigenvalue weighted by Crippen LogP contribution is -2.14. The van der Waals surface area contributed by atoms with Crippen LogP contribution in [0.25, 0.3) is 0 Å². The Morgan fingerprint density at radius 3 is 2.50 bits per heavy atom. The van der Waals surface area contributed by atoms with Crippen molar-refractivity contribution in [3.63, 3.8) is 0 Å². The van der Waals surface area contributed by atoms with Crippen LogP contribution in [0.15, 0.2) is 41.4 Å². The molecule has 0 bridgehead atoms. The first-order chi connectivity index (χ1) is 8.49. The van der Waals surface area contributed by atoms with Gasteiger partial charge in [0.25, 0.3) is 10.0 Å². The number of hydrogen-bond donors (Lipinski definition) is 1. The summed E-state index contributed by atoms with van der Waals surface area (Å²) in [7, 11) is -3.79. The Morgan fingerprint density at radius 2 is 1.83 bits per heavy atom. The van der Waals surface area contributed by atoms with Crippen molar-refractivity contribution in [1.29, 1.82) is 0 Å². The molecule has 0 radical (unpaired) electrons. The van der Waals surface area contributed by atoms with Gasteiger partial charge in [-0.25, -0.2) is 13.4 Å². The maximum absolute atomic E-state index is 12.0. The highest BCUT2D eigenvalue weighted by Gasteiger charge is 2.18. The quantitative estimate of drug-likeness (QED) is 0.885. The highest BCUT2D eigenvalue weighted by Crippen LogP contribution is 2.22. The summed E-state index contributed by atoms with van der Waals surface area (Å²) in [6.07, 6.45) is 1.35. The molecule has 0 amide bonds. The average molecular weight is 304 g/mol. The minimum Gasteiger partial charge on any atom is -0.263 e. The molecule has 0 aliphatic rings. The first-order valence-electron chi connectivity index (χ1n) is 4.75. The van der Waals surface area contributed by atoms with Crippen LogP contribution >= 0.6 is 23.2 Å². The average Bonchev–Trinajstić information content (AvgIpc) is 2.28. The molecule has 1 heterocycles. The summed E-state index contributed by atoms with van der Waals surface area (Å²) >= 11 is 11.4. The van der Waals surface area contributed by atoms with Gasteiger partial charge in [-0.3, -0.25) is 4.72 Å². The second-order valence-corrected chi connectivity index (χ2v) is 5.64. The molecule has 2 aromatic rings. The monoisotopic (exact) mass is 303 g/mol. The number of nitrogens with one attached hydrogen (secondary N) is 1. The van der Waals surface area contributed by atoms with E-state index < -0.39 is 10.0 Å². The molecule has 1 N–H and O–H groups in total. The summed E-state index contributed by atoms with van der Waals surface area (Å²) in [5.41, 5.74) is 0. The molecule has 0 fully saturated rings. The second-order valence-electron chi connectivity index (χ2n) is 3.25. The van der Waals surface area contributed by atoms with E-state index in [-0.39, 0.29) is 21.0 Å². The zero-order valence-corrected chi connectivity index (χ0v) is 11.2. The fraction of sp³-hybridized carbons (Fsp3) is 0. The van der Waals surface area contributed by atoms with E-state index in [0.717, 1.165) is 0 Å². The Bertz CT molecular complexity index is 676. The lowest BCUT2D eigenvalue weighted by Gasteiger charge is -2.08.